The van der Waals surface area contributed by atoms with Gasteiger partial charge in [-0.2, -0.15) is 0 Å². The lowest BCUT2D eigenvalue weighted by atomic mass is 10.2. The zero-order valence-corrected chi connectivity index (χ0v) is 8.26. The molecule has 2 N–H and O–H groups in total. The second kappa shape index (κ2) is 3.87. The molecule has 1 saturated carbocycles. The van der Waals surface area contributed by atoms with Crippen molar-refractivity contribution in [1.29, 1.82) is 0 Å². The summed E-state index contributed by atoms with van der Waals surface area (Å²) in [6, 6.07) is 3.83. The molecule has 0 aliphatic heterocycles. The van der Waals surface area contributed by atoms with Gasteiger partial charge in [0.1, 0.15) is 0 Å². The fraction of sp³-hybridized carbons (Fsp3) is 0.455. The average Bonchev–Trinajstić information content (AvgIpc) is 3.01. The summed E-state index contributed by atoms with van der Waals surface area (Å²) in [7, 11) is 0. The van der Waals surface area contributed by atoms with Gasteiger partial charge in [0.15, 0.2) is 11.6 Å². The summed E-state index contributed by atoms with van der Waals surface area (Å²) in [5, 5.41) is 12.2. The van der Waals surface area contributed by atoms with Crippen molar-refractivity contribution in [3.63, 3.8) is 0 Å². The van der Waals surface area contributed by atoms with Crippen LogP contribution in [0.2, 0.25) is 0 Å². The molecule has 0 amide bonds. The molecule has 1 aromatic carbocycles. The van der Waals surface area contributed by atoms with Gasteiger partial charge < -0.3 is 10.4 Å². The molecule has 0 aromatic heterocycles. The molecule has 0 bridgehead atoms. The van der Waals surface area contributed by atoms with Crippen LogP contribution in [0.5, 0.6) is 0 Å². The molecule has 82 valence electrons. The number of aliphatic hydroxyl groups excluding tert-OH is 1. The smallest absolute Gasteiger partial charge is 0.159 e. The molecule has 0 saturated heterocycles. The maximum Gasteiger partial charge on any atom is 0.159 e. The standard InChI is InChI=1S/C11H13F2NO/c12-9-2-1-8(5-10(9)13)6-14-11(7-15)3-4-11/h1-2,5,14-15H,3-4,6-7H2. The first-order valence-electron chi connectivity index (χ1n) is 4.95. The van der Waals surface area contributed by atoms with Gasteiger partial charge in [-0.1, -0.05) is 6.07 Å². The van der Waals surface area contributed by atoms with Gasteiger partial charge in [-0.05, 0) is 30.5 Å². The van der Waals surface area contributed by atoms with Crippen molar-refractivity contribution < 1.29 is 13.9 Å². The van der Waals surface area contributed by atoms with E-state index in [1.807, 2.05) is 0 Å². The van der Waals surface area contributed by atoms with Crippen LogP contribution < -0.4 is 5.32 Å². The molecule has 1 aromatic rings. The van der Waals surface area contributed by atoms with Gasteiger partial charge in [0.05, 0.1) is 6.61 Å². The van der Waals surface area contributed by atoms with Crippen LogP contribution in [0.15, 0.2) is 18.2 Å². The largest absolute Gasteiger partial charge is 0.394 e. The van der Waals surface area contributed by atoms with Gasteiger partial charge in [-0.15, -0.1) is 0 Å². The Morgan fingerprint density at radius 1 is 1.27 bits per heavy atom. The fourth-order valence-electron chi connectivity index (χ4n) is 1.48. The van der Waals surface area contributed by atoms with Crippen LogP contribution in [-0.2, 0) is 6.54 Å². The molecule has 0 spiro atoms. The number of rotatable bonds is 4. The summed E-state index contributed by atoms with van der Waals surface area (Å²) in [5.41, 5.74) is 0.513. The summed E-state index contributed by atoms with van der Waals surface area (Å²) >= 11 is 0. The van der Waals surface area contributed by atoms with E-state index in [9.17, 15) is 8.78 Å². The fourth-order valence-corrected chi connectivity index (χ4v) is 1.48. The third-order valence-electron chi connectivity index (χ3n) is 2.81. The number of benzene rings is 1. The Balaban J connectivity index is 1.96. The van der Waals surface area contributed by atoms with E-state index in [2.05, 4.69) is 5.32 Å². The molecule has 0 radical (unpaired) electrons. The van der Waals surface area contributed by atoms with Crippen LogP contribution in [-0.4, -0.2) is 17.3 Å². The Hall–Kier alpha value is -1.00. The highest BCUT2D eigenvalue weighted by atomic mass is 19.2. The van der Waals surface area contributed by atoms with Crippen LogP contribution in [0.3, 0.4) is 0 Å². The predicted octanol–water partition coefficient (Wildman–Crippen LogP) is 1.58. The molecule has 1 fully saturated rings. The lowest BCUT2D eigenvalue weighted by Gasteiger charge is -2.14. The van der Waals surface area contributed by atoms with Crippen molar-refractivity contribution in [3.05, 3.63) is 35.4 Å². The summed E-state index contributed by atoms with van der Waals surface area (Å²) < 4.78 is 25.5. The predicted molar refractivity (Wildman–Crippen MR) is 52.2 cm³/mol. The van der Waals surface area contributed by atoms with Crippen LogP contribution >= 0.6 is 0 Å². The Labute approximate surface area is 86.9 Å². The first-order valence-corrected chi connectivity index (χ1v) is 4.95. The Kier molecular flexibility index (Phi) is 2.71. The second-order valence-corrected chi connectivity index (χ2v) is 4.04. The van der Waals surface area contributed by atoms with Crippen LogP contribution in [0.25, 0.3) is 0 Å². The van der Waals surface area contributed by atoms with Gasteiger partial charge >= 0.3 is 0 Å². The van der Waals surface area contributed by atoms with Gasteiger partial charge in [0, 0.05) is 12.1 Å². The Morgan fingerprint density at radius 3 is 2.53 bits per heavy atom. The average molecular weight is 213 g/mol. The van der Waals surface area contributed by atoms with Crippen molar-refractivity contribution in [2.45, 2.75) is 24.9 Å². The van der Waals surface area contributed by atoms with Crippen molar-refractivity contribution in [3.8, 4) is 0 Å². The molecular weight excluding hydrogens is 200 g/mol. The van der Waals surface area contributed by atoms with Gasteiger partial charge in [-0.3, -0.25) is 0 Å². The highest BCUT2D eigenvalue weighted by Gasteiger charge is 2.41. The molecule has 15 heavy (non-hydrogen) atoms. The van der Waals surface area contributed by atoms with Crippen molar-refractivity contribution in [1.82, 2.24) is 5.32 Å². The first-order chi connectivity index (χ1) is 7.15. The number of halogens is 2. The second-order valence-electron chi connectivity index (χ2n) is 4.04. The van der Waals surface area contributed by atoms with Crippen LogP contribution in [0.1, 0.15) is 18.4 Å². The van der Waals surface area contributed by atoms with E-state index in [0.29, 0.717) is 12.1 Å². The van der Waals surface area contributed by atoms with Crippen molar-refractivity contribution in [2.24, 2.45) is 0 Å². The molecule has 0 atom stereocenters. The highest BCUT2D eigenvalue weighted by molar-refractivity contribution is 5.18. The quantitative estimate of drug-likeness (QED) is 0.795. The van der Waals surface area contributed by atoms with E-state index in [0.717, 1.165) is 18.9 Å². The van der Waals surface area contributed by atoms with Gasteiger partial charge in [-0.25, -0.2) is 8.78 Å². The third kappa shape index (κ3) is 2.33. The molecule has 2 rings (SSSR count). The number of hydrogen-bond acceptors (Lipinski definition) is 2. The Morgan fingerprint density at radius 2 is 2.00 bits per heavy atom. The maximum absolute atomic E-state index is 12.8. The third-order valence-corrected chi connectivity index (χ3v) is 2.81. The molecule has 0 unspecified atom stereocenters. The van der Waals surface area contributed by atoms with E-state index in [1.54, 1.807) is 6.07 Å². The summed E-state index contributed by atoms with van der Waals surface area (Å²) in [6.45, 7) is 0.550. The zero-order valence-electron chi connectivity index (χ0n) is 8.26. The monoisotopic (exact) mass is 213 g/mol. The molecule has 1 aliphatic carbocycles. The Bertz CT molecular complexity index is 364. The van der Waals surface area contributed by atoms with E-state index in [-0.39, 0.29) is 12.1 Å². The minimum absolute atomic E-state index is 0.0939. The van der Waals surface area contributed by atoms with E-state index in [1.165, 1.54) is 6.07 Å². The highest BCUT2D eigenvalue weighted by Crippen LogP contribution is 2.34. The van der Waals surface area contributed by atoms with E-state index in [4.69, 9.17) is 5.11 Å². The van der Waals surface area contributed by atoms with Gasteiger partial charge in [0.2, 0.25) is 0 Å². The molecule has 2 nitrogen and oxygen atoms in total. The van der Waals surface area contributed by atoms with E-state index < -0.39 is 11.6 Å². The maximum atomic E-state index is 12.8. The van der Waals surface area contributed by atoms with Crippen LogP contribution in [0.4, 0.5) is 8.78 Å². The normalized spacial score (nSPS) is 17.8. The lowest BCUT2D eigenvalue weighted by Crippen LogP contribution is -2.34. The van der Waals surface area contributed by atoms with Gasteiger partial charge in [0.25, 0.3) is 0 Å². The van der Waals surface area contributed by atoms with Crippen molar-refractivity contribution in [2.75, 3.05) is 6.61 Å². The zero-order chi connectivity index (χ0) is 10.9. The van der Waals surface area contributed by atoms with E-state index >= 15 is 0 Å². The molecule has 1 aliphatic rings. The minimum atomic E-state index is -0.831. The molecular formula is C11H13F2NO. The molecule has 4 heteroatoms. The number of nitrogens with one attached hydrogen (secondary N) is 1. The first kappa shape index (κ1) is 10.5. The minimum Gasteiger partial charge on any atom is -0.394 e. The topological polar surface area (TPSA) is 32.3 Å². The SMILES string of the molecule is OCC1(NCc2ccc(F)c(F)c2)CC1. The lowest BCUT2D eigenvalue weighted by molar-refractivity contribution is 0.229. The number of hydrogen-bond donors (Lipinski definition) is 2. The summed E-state index contributed by atoms with van der Waals surface area (Å²) in [5.74, 6) is -1.66. The number of aliphatic hydroxyl groups is 1. The molecule has 0 heterocycles. The summed E-state index contributed by atoms with van der Waals surface area (Å²) in [4.78, 5) is 0. The summed E-state index contributed by atoms with van der Waals surface area (Å²) in [6.07, 6.45) is 1.88. The van der Waals surface area contributed by atoms with Crippen molar-refractivity contribution >= 4 is 0 Å². The van der Waals surface area contributed by atoms with Crippen LogP contribution in [0, 0.1) is 11.6 Å².